The fourth-order valence-corrected chi connectivity index (χ4v) is 3.49. The van der Waals surface area contributed by atoms with Crippen LogP contribution < -0.4 is 5.32 Å². The lowest BCUT2D eigenvalue weighted by atomic mass is 9.71. The number of hydrogen-bond acceptors (Lipinski definition) is 1. The number of fused-ring (bicyclic) bond motifs is 1. The fraction of sp³-hybridized carbons (Fsp3) is 0.667. The molecule has 1 aromatic rings. The van der Waals surface area contributed by atoms with Gasteiger partial charge in [0.2, 0.25) is 0 Å². The quantitative estimate of drug-likeness (QED) is 0.854. The van der Waals surface area contributed by atoms with Crippen LogP contribution in [0.4, 0.5) is 0 Å². The summed E-state index contributed by atoms with van der Waals surface area (Å²) < 4.78 is 0. The predicted molar refractivity (Wildman–Crippen MR) is 83.5 cm³/mol. The SMILES string of the molecule is CCCNC(C1CCc2ccccc2C1)C(C)(C)C. The number of benzene rings is 1. The Hall–Kier alpha value is -0.820. The van der Waals surface area contributed by atoms with Gasteiger partial charge >= 0.3 is 0 Å². The Morgan fingerprint density at radius 3 is 2.53 bits per heavy atom. The first kappa shape index (κ1) is 14.6. The molecule has 0 saturated carbocycles. The van der Waals surface area contributed by atoms with Gasteiger partial charge in [-0.2, -0.15) is 0 Å². The molecule has 0 bridgehead atoms. The minimum absolute atomic E-state index is 0.339. The summed E-state index contributed by atoms with van der Waals surface area (Å²) >= 11 is 0. The Morgan fingerprint density at radius 1 is 1.21 bits per heavy atom. The monoisotopic (exact) mass is 259 g/mol. The second-order valence-electron chi connectivity index (χ2n) is 7.07. The first-order valence-electron chi connectivity index (χ1n) is 7.82. The van der Waals surface area contributed by atoms with Gasteiger partial charge in [0.15, 0.2) is 0 Å². The van der Waals surface area contributed by atoms with Crippen LogP contribution in [0.2, 0.25) is 0 Å². The number of rotatable bonds is 4. The molecule has 2 atom stereocenters. The van der Waals surface area contributed by atoms with Crippen molar-refractivity contribution in [3.63, 3.8) is 0 Å². The molecule has 0 heterocycles. The molecule has 0 amide bonds. The maximum absolute atomic E-state index is 3.81. The van der Waals surface area contributed by atoms with Gasteiger partial charge in [-0.25, -0.2) is 0 Å². The third-order valence-corrected chi connectivity index (χ3v) is 4.40. The molecular weight excluding hydrogens is 230 g/mol. The maximum Gasteiger partial charge on any atom is 0.0147 e. The summed E-state index contributed by atoms with van der Waals surface area (Å²) in [5.41, 5.74) is 3.49. The molecule has 0 aliphatic heterocycles. The zero-order valence-electron chi connectivity index (χ0n) is 13.0. The van der Waals surface area contributed by atoms with E-state index in [0.29, 0.717) is 11.5 Å². The van der Waals surface area contributed by atoms with Crippen LogP contribution in [0.25, 0.3) is 0 Å². The standard InChI is InChI=1S/C18H29N/c1-5-12-19-17(18(2,3)4)16-11-10-14-8-6-7-9-15(14)13-16/h6-9,16-17,19H,5,10-13H2,1-4H3. The van der Waals surface area contributed by atoms with E-state index in [4.69, 9.17) is 0 Å². The van der Waals surface area contributed by atoms with Gasteiger partial charge in [0.1, 0.15) is 0 Å². The second-order valence-corrected chi connectivity index (χ2v) is 7.07. The molecule has 0 radical (unpaired) electrons. The van der Waals surface area contributed by atoms with Gasteiger partial charge in [-0.05, 0) is 54.7 Å². The molecule has 1 nitrogen and oxygen atoms in total. The van der Waals surface area contributed by atoms with E-state index in [1.165, 1.54) is 25.7 Å². The molecule has 0 saturated heterocycles. The van der Waals surface area contributed by atoms with Crippen molar-refractivity contribution in [2.45, 2.75) is 59.4 Å². The summed E-state index contributed by atoms with van der Waals surface area (Å²) in [5.74, 6) is 0.779. The van der Waals surface area contributed by atoms with E-state index in [1.54, 1.807) is 11.1 Å². The van der Waals surface area contributed by atoms with Crippen LogP contribution in [0.3, 0.4) is 0 Å². The second kappa shape index (κ2) is 6.09. The molecule has 2 rings (SSSR count). The van der Waals surface area contributed by atoms with Crippen LogP contribution >= 0.6 is 0 Å². The van der Waals surface area contributed by atoms with Crippen LogP contribution in [0.1, 0.15) is 51.7 Å². The van der Waals surface area contributed by atoms with E-state index in [-0.39, 0.29) is 0 Å². The average molecular weight is 259 g/mol. The Bertz CT molecular complexity index is 402. The summed E-state index contributed by atoms with van der Waals surface area (Å²) in [7, 11) is 0. The van der Waals surface area contributed by atoms with Crippen LogP contribution in [-0.2, 0) is 12.8 Å². The highest BCUT2D eigenvalue weighted by molar-refractivity contribution is 5.30. The van der Waals surface area contributed by atoms with Crippen LogP contribution in [0.5, 0.6) is 0 Å². The number of nitrogens with one attached hydrogen (secondary N) is 1. The Kier molecular flexibility index (Phi) is 4.67. The van der Waals surface area contributed by atoms with Crippen LogP contribution in [0.15, 0.2) is 24.3 Å². The van der Waals surface area contributed by atoms with Crippen LogP contribution in [0, 0.1) is 11.3 Å². The lowest BCUT2D eigenvalue weighted by Crippen LogP contribution is -2.47. The first-order valence-corrected chi connectivity index (χ1v) is 7.82. The topological polar surface area (TPSA) is 12.0 Å². The van der Waals surface area contributed by atoms with Crippen molar-refractivity contribution in [2.75, 3.05) is 6.54 Å². The number of hydrogen-bond donors (Lipinski definition) is 1. The van der Waals surface area contributed by atoms with Gasteiger partial charge in [-0.15, -0.1) is 0 Å². The van der Waals surface area contributed by atoms with Gasteiger partial charge in [0, 0.05) is 6.04 Å². The molecule has 1 aromatic carbocycles. The zero-order valence-corrected chi connectivity index (χ0v) is 13.0. The molecular formula is C18H29N. The summed E-state index contributed by atoms with van der Waals surface area (Å²) in [4.78, 5) is 0. The lowest BCUT2D eigenvalue weighted by Gasteiger charge is -2.40. The third-order valence-electron chi connectivity index (χ3n) is 4.40. The normalized spacial score (nSPS) is 20.9. The summed E-state index contributed by atoms with van der Waals surface area (Å²) in [6.45, 7) is 10.5. The van der Waals surface area contributed by atoms with Crippen molar-refractivity contribution in [1.29, 1.82) is 0 Å². The molecule has 1 heteroatoms. The van der Waals surface area contributed by atoms with Gasteiger partial charge < -0.3 is 5.32 Å². The first-order chi connectivity index (χ1) is 9.02. The van der Waals surface area contributed by atoms with Crippen molar-refractivity contribution in [3.05, 3.63) is 35.4 Å². The number of aryl methyl sites for hydroxylation is 1. The Morgan fingerprint density at radius 2 is 1.89 bits per heavy atom. The van der Waals surface area contributed by atoms with Gasteiger partial charge in [-0.3, -0.25) is 0 Å². The maximum atomic E-state index is 3.81. The molecule has 0 aromatic heterocycles. The highest BCUT2D eigenvalue weighted by atomic mass is 14.9. The van der Waals surface area contributed by atoms with Crippen molar-refractivity contribution in [1.82, 2.24) is 5.32 Å². The Labute approximate surface area is 118 Å². The van der Waals surface area contributed by atoms with Crippen molar-refractivity contribution < 1.29 is 0 Å². The zero-order chi connectivity index (χ0) is 13.9. The summed E-state index contributed by atoms with van der Waals surface area (Å²) in [6.07, 6.45) is 5.04. The smallest absolute Gasteiger partial charge is 0.0147 e. The molecule has 2 unspecified atom stereocenters. The van der Waals surface area contributed by atoms with E-state index in [1.807, 2.05) is 0 Å². The molecule has 19 heavy (non-hydrogen) atoms. The molecule has 0 spiro atoms. The van der Waals surface area contributed by atoms with Crippen LogP contribution in [-0.4, -0.2) is 12.6 Å². The molecule has 1 N–H and O–H groups in total. The van der Waals surface area contributed by atoms with E-state index >= 15 is 0 Å². The van der Waals surface area contributed by atoms with E-state index in [9.17, 15) is 0 Å². The van der Waals surface area contributed by atoms with Gasteiger partial charge in [0.25, 0.3) is 0 Å². The van der Waals surface area contributed by atoms with Crippen molar-refractivity contribution >= 4 is 0 Å². The molecule has 106 valence electrons. The Balaban J connectivity index is 2.12. The highest BCUT2D eigenvalue weighted by Gasteiger charge is 2.33. The van der Waals surface area contributed by atoms with Gasteiger partial charge in [-0.1, -0.05) is 52.0 Å². The third kappa shape index (κ3) is 3.60. The minimum atomic E-state index is 0.339. The van der Waals surface area contributed by atoms with E-state index < -0.39 is 0 Å². The summed E-state index contributed by atoms with van der Waals surface area (Å²) in [5, 5.41) is 3.81. The molecule has 1 aliphatic carbocycles. The highest BCUT2D eigenvalue weighted by Crippen LogP contribution is 2.34. The fourth-order valence-electron chi connectivity index (χ4n) is 3.49. The molecule has 0 fully saturated rings. The lowest BCUT2D eigenvalue weighted by molar-refractivity contribution is 0.178. The largest absolute Gasteiger partial charge is 0.313 e. The van der Waals surface area contributed by atoms with E-state index in [0.717, 1.165) is 12.5 Å². The van der Waals surface area contributed by atoms with Crippen molar-refractivity contribution in [3.8, 4) is 0 Å². The predicted octanol–water partition coefficient (Wildman–Crippen LogP) is 4.21. The summed E-state index contributed by atoms with van der Waals surface area (Å²) in [6, 6.07) is 9.61. The molecule has 1 aliphatic rings. The van der Waals surface area contributed by atoms with Crippen molar-refractivity contribution in [2.24, 2.45) is 11.3 Å². The minimum Gasteiger partial charge on any atom is -0.313 e. The average Bonchev–Trinajstić information content (AvgIpc) is 2.37. The van der Waals surface area contributed by atoms with Gasteiger partial charge in [0.05, 0.1) is 0 Å². The van der Waals surface area contributed by atoms with E-state index in [2.05, 4.69) is 57.3 Å².